The molecule has 0 aromatic heterocycles. The van der Waals surface area contributed by atoms with E-state index in [0.717, 1.165) is 24.1 Å². The van der Waals surface area contributed by atoms with E-state index in [0.29, 0.717) is 12.6 Å². The third kappa shape index (κ3) is 4.23. The maximum atomic E-state index is 5.60. The predicted octanol–water partition coefficient (Wildman–Crippen LogP) is 5.32. The Morgan fingerprint density at radius 1 is 1.33 bits per heavy atom. The van der Waals surface area contributed by atoms with Crippen LogP contribution in [0.25, 0.3) is 0 Å². The first-order chi connectivity index (χ1) is 10.2. The lowest BCUT2D eigenvalue weighted by molar-refractivity contribution is 0.300. The minimum Gasteiger partial charge on any atom is -0.494 e. The monoisotopic (exact) mass is 353 g/mol. The Hall–Kier alpha value is -0.540. The Bertz CT molecular complexity index is 449. The normalized spacial score (nSPS) is 23.2. The molecule has 2 rings (SSSR count). The smallest absolute Gasteiger partial charge is 0.120 e. The topological polar surface area (TPSA) is 21.3 Å². The summed E-state index contributed by atoms with van der Waals surface area (Å²) < 4.78 is 6.77. The summed E-state index contributed by atoms with van der Waals surface area (Å²) in [6.07, 6.45) is 5.24. The van der Waals surface area contributed by atoms with Crippen molar-refractivity contribution in [3.8, 4) is 5.75 Å². The van der Waals surface area contributed by atoms with Crippen LogP contribution in [-0.2, 0) is 0 Å². The molecule has 1 aromatic carbocycles. The molecule has 0 heterocycles. The number of halogens is 1. The van der Waals surface area contributed by atoms with Crippen molar-refractivity contribution >= 4 is 15.9 Å². The first kappa shape index (κ1) is 16.8. The molecule has 1 N–H and O–H groups in total. The molecule has 0 spiro atoms. The first-order valence-corrected chi connectivity index (χ1v) is 9.12. The molecule has 3 heteroatoms. The predicted molar refractivity (Wildman–Crippen MR) is 92.9 cm³/mol. The Morgan fingerprint density at radius 3 is 2.71 bits per heavy atom. The summed E-state index contributed by atoms with van der Waals surface area (Å²) in [5, 5.41) is 3.78. The van der Waals surface area contributed by atoms with E-state index in [1.54, 1.807) is 0 Å². The highest BCUT2D eigenvalue weighted by Crippen LogP contribution is 2.42. The molecule has 0 amide bonds. The second-order valence-electron chi connectivity index (χ2n) is 6.12. The Kier molecular flexibility index (Phi) is 6.56. The van der Waals surface area contributed by atoms with Crippen molar-refractivity contribution in [3.05, 3.63) is 28.2 Å². The van der Waals surface area contributed by atoms with Crippen molar-refractivity contribution in [2.75, 3.05) is 13.2 Å². The van der Waals surface area contributed by atoms with Gasteiger partial charge in [0.25, 0.3) is 0 Å². The molecular formula is C18H28BrNO. The van der Waals surface area contributed by atoms with Crippen LogP contribution in [0.3, 0.4) is 0 Å². The maximum absolute atomic E-state index is 5.60. The van der Waals surface area contributed by atoms with Crippen LogP contribution < -0.4 is 10.1 Å². The molecule has 1 aliphatic rings. The average Bonchev–Trinajstić information content (AvgIpc) is 2.88. The van der Waals surface area contributed by atoms with E-state index in [1.807, 2.05) is 6.92 Å². The fourth-order valence-corrected chi connectivity index (χ4v) is 4.08. The third-order valence-corrected chi connectivity index (χ3v) is 5.27. The molecular weight excluding hydrogens is 326 g/mol. The van der Waals surface area contributed by atoms with E-state index in [9.17, 15) is 0 Å². The number of benzene rings is 1. The summed E-state index contributed by atoms with van der Waals surface area (Å²) in [6.45, 7) is 8.44. The van der Waals surface area contributed by atoms with Crippen LogP contribution in [0.15, 0.2) is 22.7 Å². The molecule has 0 radical (unpaired) electrons. The third-order valence-electron chi connectivity index (χ3n) is 4.59. The van der Waals surface area contributed by atoms with Crippen molar-refractivity contribution < 1.29 is 4.74 Å². The molecule has 0 bridgehead atoms. The zero-order chi connectivity index (χ0) is 15.2. The van der Waals surface area contributed by atoms with Gasteiger partial charge in [-0.1, -0.05) is 48.7 Å². The van der Waals surface area contributed by atoms with Crippen LogP contribution >= 0.6 is 15.9 Å². The van der Waals surface area contributed by atoms with Crippen molar-refractivity contribution in [1.29, 1.82) is 0 Å². The van der Waals surface area contributed by atoms with Crippen LogP contribution in [0.1, 0.15) is 58.1 Å². The van der Waals surface area contributed by atoms with Crippen LogP contribution in [0.5, 0.6) is 5.75 Å². The minimum absolute atomic E-state index is 0.451. The second kappa shape index (κ2) is 8.19. The molecule has 1 saturated carbocycles. The summed E-state index contributed by atoms with van der Waals surface area (Å²) in [4.78, 5) is 0. The van der Waals surface area contributed by atoms with E-state index in [-0.39, 0.29) is 0 Å². The highest BCUT2D eigenvalue weighted by molar-refractivity contribution is 9.10. The van der Waals surface area contributed by atoms with Gasteiger partial charge in [-0.2, -0.15) is 0 Å². The quantitative estimate of drug-likeness (QED) is 0.715. The average molecular weight is 354 g/mol. The highest BCUT2D eigenvalue weighted by Gasteiger charge is 2.32. The van der Waals surface area contributed by atoms with E-state index < -0.39 is 0 Å². The molecule has 1 fully saturated rings. The van der Waals surface area contributed by atoms with Gasteiger partial charge >= 0.3 is 0 Å². The van der Waals surface area contributed by atoms with Gasteiger partial charge in [-0.05, 0) is 55.8 Å². The summed E-state index contributed by atoms with van der Waals surface area (Å²) in [5.41, 5.74) is 1.38. The van der Waals surface area contributed by atoms with Crippen molar-refractivity contribution in [2.45, 2.75) is 52.5 Å². The number of rotatable bonds is 7. The van der Waals surface area contributed by atoms with Crippen LogP contribution in [0.4, 0.5) is 0 Å². The fourth-order valence-electron chi connectivity index (χ4n) is 3.48. The van der Waals surface area contributed by atoms with Crippen molar-refractivity contribution in [3.63, 3.8) is 0 Å². The fraction of sp³-hybridized carbons (Fsp3) is 0.667. The van der Waals surface area contributed by atoms with Gasteiger partial charge < -0.3 is 10.1 Å². The summed E-state index contributed by atoms with van der Waals surface area (Å²) in [7, 11) is 0. The summed E-state index contributed by atoms with van der Waals surface area (Å²) in [6, 6.07) is 6.89. The van der Waals surface area contributed by atoms with Crippen LogP contribution in [-0.4, -0.2) is 13.2 Å². The summed E-state index contributed by atoms with van der Waals surface area (Å²) >= 11 is 3.76. The SMILES string of the molecule is CCCNC(c1ccc(OCC)cc1Br)C1CCCC1C. The molecule has 3 unspecified atom stereocenters. The second-order valence-corrected chi connectivity index (χ2v) is 6.97. The Balaban J connectivity index is 2.23. The highest BCUT2D eigenvalue weighted by atomic mass is 79.9. The van der Waals surface area contributed by atoms with E-state index >= 15 is 0 Å². The van der Waals surface area contributed by atoms with Crippen LogP contribution in [0, 0.1) is 11.8 Å². The van der Waals surface area contributed by atoms with Gasteiger partial charge in [0.05, 0.1) is 6.61 Å². The zero-order valence-electron chi connectivity index (χ0n) is 13.5. The molecule has 118 valence electrons. The molecule has 3 atom stereocenters. The molecule has 0 saturated heterocycles. The number of ether oxygens (including phenoxy) is 1. The zero-order valence-corrected chi connectivity index (χ0v) is 15.1. The first-order valence-electron chi connectivity index (χ1n) is 8.33. The molecule has 1 aromatic rings. The number of nitrogens with one attached hydrogen (secondary N) is 1. The molecule has 21 heavy (non-hydrogen) atoms. The van der Waals surface area contributed by atoms with E-state index in [1.165, 1.54) is 35.7 Å². The lowest BCUT2D eigenvalue weighted by Crippen LogP contribution is -2.30. The molecule has 1 aliphatic carbocycles. The molecule has 0 aliphatic heterocycles. The van der Waals surface area contributed by atoms with Gasteiger partial charge in [0.1, 0.15) is 5.75 Å². The van der Waals surface area contributed by atoms with Crippen LogP contribution in [0.2, 0.25) is 0 Å². The number of hydrogen-bond acceptors (Lipinski definition) is 2. The van der Waals surface area contributed by atoms with E-state index in [4.69, 9.17) is 4.74 Å². The van der Waals surface area contributed by atoms with Gasteiger partial charge in [0.15, 0.2) is 0 Å². The number of hydrogen-bond donors (Lipinski definition) is 1. The standard InChI is InChI=1S/C18H28BrNO/c1-4-11-20-18(15-8-6-7-13(15)3)16-10-9-14(21-5-2)12-17(16)19/h9-10,12-13,15,18,20H,4-8,11H2,1-3H3. The van der Waals surface area contributed by atoms with E-state index in [2.05, 4.69) is 53.3 Å². The summed E-state index contributed by atoms with van der Waals surface area (Å²) in [5.74, 6) is 2.49. The largest absolute Gasteiger partial charge is 0.494 e. The van der Waals surface area contributed by atoms with Gasteiger partial charge in [-0.25, -0.2) is 0 Å². The van der Waals surface area contributed by atoms with Gasteiger partial charge in [-0.15, -0.1) is 0 Å². The van der Waals surface area contributed by atoms with Gasteiger partial charge in [0.2, 0.25) is 0 Å². The minimum atomic E-state index is 0.451. The van der Waals surface area contributed by atoms with Gasteiger partial charge in [-0.3, -0.25) is 0 Å². The maximum Gasteiger partial charge on any atom is 0.120 e. The lowest BCUT2D eigenvalue weighted by Gasteiger charge is -2.29. The Labute approximate surface area is 137 Å². The van der Waals surface area contributed by atoms with Crippen molar-refractivity contribution in [1.82, 2.24) is 5.32 Å². The lowest BCUT2D eigenvalue weighted by atomic mass is 9.85. The van der Waals surface area contributed by atoms with Crippen molar-refractivity contribution in [2.24, 2.45) is 11.8 Å². The Morgan fingerprint density at radius 2 is 2.14 bits per heavy atom. The van der Waals surface area contributed by atoms with Gasteiger partial charge in [0, 0.05) is 10.5 Å². The molecule has 2 nitrogen and oxygen atoms in total.